The predicted molar refractivity (Wildman–Crippen MR) is 121 cm³/mol. The molecule has 148 valence electrons. The smallest absolute Gasteiger partial charge is 0.305 e. The third kappa shape index (κ3) is 9.72. The monoisotopic (exact) mass is 414 g/mol. The molecule has 0 aliphatic carbocycles. The van der Waals surface area contributed by atoms with Gasteiger partial charge in [-0.15, -0.1) is 0 Å². The zero-order valence-corrected chi connectivity index (χ0v) is 17.6. The molecule has 0 saturated carbocycles. The standard InChI is InChI=1S/C22H27BO3S2/c23-22(26,15-21(24)25)13-11-20(28-17-19-9-5-2-6-10-19)12-14-27-16-18-7-3-1-4-8-18/h1-10,20,26H,11-17H2,(H,24,25). The van der Waals surface area contributed by atoms with E-state index in [1.165, 1.54) is 11.1 Å². The van der Waals surface area contributed by atoms with Crippen molar-refractivity contribution in [2.24, 2.45) is 0 Å². The summed E-state index contributed by atoms with van der Waals surface area (Å²) < 4.78 is 0. The minimum Gasteiger partial charge on any atom is -0.481 e. The van der Waals surface area contributed by atoms with Gasteiger partial charge in [0.25, 0.3) is 0 Å². The molecule has 0 amide bonds. The highest BCUT2D eigenvalue weighted by Crippen LogP contribution is 2.29. The van der Waals surface area contributed by atoms with Gasteiger partial charge in [-0.25, -0.2) is 0 Å². The molecule has 2 aromatic carbocycles. The van der Waals surface area contributed by atoms with Gasteiger partial charge in [-0.3, -0.25) is 4.79 Å². The van der Waals surface area contributed by atoms with Crippen molar-refractivity contribution in [3.63, 3.8) is 0 Å². The average Bonchev–Trinajstić information content (AvgIpc) is 2.67. The highest BCUT2D eigenvalue weighted by molar-refractivity contribution is 7.99. The van der Waals surface area contributed by atoms with Crippen LogP contribution in [0.15, 0.2) is 60.7 Å². The van der Waals surface area contributed by atoms with E-state index >= 15 is 0 Å². The lowest BCUT2D eigenvalue weighted by atomic mass is 9.75. The molecule has 28 heavy (non-hydrogen) atoms. The molecule has 3 nitrogen and oxygen atoms in total. The minimum atomic E-state index is -1.64. The Hall–Kier alpha value is -1.37. The third-order valence-corrected chi connectivity index (χ3v) is 6.89. The Morgan fingerprint density at radius 3 is 2.11 bits per heavy atom. The summed E-state index contributed by atoms with van der Waals surface area (Å²) in [6, 6.07) is 20.7. The van der Waals surface area contributed by atoms with Crippen molar-refractivity contribution in [1.82, 2.24) is 0 Å². The fraction of sp³-hybridized carbons (Fsp3) is 0.409. The number of carbonyl (C=O) groups is 1. The number of hydrogen-bond acceptors (Lipinski definition) is 4. The molecule has 2 N–H and O–H groups in total. The second-order valence-corrected chi connectivity index (χ2v) is 9.35. The van der Waals surface area contributed by atoms with Crippen molar-refractivity contribution >= 4 is 37.3 Å². The van der Waals surface area contributed by atoms with Crippen LogP contribution in [0.5, 0.6) is 0 Å². The number of thioether (sulfide) groups is 2. The third-order valence-electron chi connectivity index (χ3n) is 4.38. The zero-order valence-electron chi connectivity index (χ0n) is 16.0. The molecule has 0 heterocycles. The first-order valence-corrected chi connectivity index (χ1v) is 11.7. The number of rotatable bonds is 13. The van der Waals surface area contributed by atoms with E-state index in [4.69, 9.17) is 13.0 Å². The summed E-state index contributed by atoms with van der Waals surface area (Å²) in [6.07, 6.45) is 1.56. The van der Waals surface area contributed by atoms with Crippen LogP contribution < -0.4 is 0 Å². The lowest BCUT2D eigenvalue weighted by Crippen LogP contribution is -2.33. The van der Waals surface area contributed by atoms with Crippen molar-refractivity contribution in [3.05, 3.63) is 71.8 Å². The molecule has 6 heteroatoms. The van der Waals surface area contributed by atoms with Crippen molar-refractivity contribution in [2.45, 2.75) is 47.9 Å². The lowest BCUT2D eigenvalue weighted by Gasteiger charge is -2.25. The molecule has 0 fully saturated rings. The average molecular weight is 414 g/mol. The molecule has 2 rings (SSSR count). The summed E-state index contributed by atoms with van der Waals surface area (Å²) >= 11 is 3.75. The van der Waals surface area contributed by atoms with E-state index in [-0.39, 0.29) is 6.42 Å². The Morgan fingerprint density at radius 2 is 1.54 bits per heavy atom. The van der Waals surface area contributed by atoms with E-state index in [0.29, 0.717) is 11.7 Å². The normalized spacial score (nSPS) is 14.3. The molecule has 0 saturated heterocycles. The number of aliphatic hydroxyl groups is 1. The SMILES string of the molecule is [B]C(O)(CCC(CCSCc1ccccc1)SCc1ccccc1)CC(=O)O. The van der Waals surface area contributed by atoms with E-state index in [1.54, 1.807) is 0 Å². The molecule has 0 aliphatic heterocycles. The van der Waals surface area contributed by atoms with Crippen LogP contribution in [0.4, 0.5) is 0 Å². The Kier molecular flexibility index (Phi) is 10.0. The van der Waals surface area contributed by atoms with Crippen LogP contribution in [0.25, 0.3) is 0 Å². The molecule has 0 spiro atoms. The molecule has 0 bridgehead atoms. The molecule has 0 aliphatic rings. The second-order valence-electron chi connectivity index (χ2n) is 6.96. The number of hydrogen-bond donors (Lipinski definition) is 2. The van der Waals surface area contributed by atoms with E-state index in [0.717, 1.165) is 23.7 Å². The highest BCUT2D eigenvalue weighted by atomic mass is 32.2. The first-order valence-electron chi connectivity index (χ1n) is 9.45. The summed E-state index contributed by atoms with van der Waals surface area (Å²) in [4.78, 5) is 10.9. The maximum atomic E-state index is 10.9. The van der Waals surface area contributed by atoms with Gasteiger partial charge >= 0.3 is 5.97 Å². The van der Waals surface area contributed by atoms with Gasteiger partial charge in [0.15, 0.2) is 0 Å². The van der Waals surface area contributed by atoms with Crippen molar-refractivity contribution < 1.29 is 15.0 Å². The van der Waals surface area contributed by atoms with Crippen LogP contribution >= 0.6 is 23.5 Å². The lowest BCUT2D eigenvalue weighted by molar-refractivity contribution is -0.140. The van der Waals surface area contributed by atoms with Gasteiger partial charge in [0.1, 0.15) is 7.85 Å². The zero-order chi connectivity index (χ0) is 20.2. The van der Waals surface area contributed by atoms with Crippen LogP contribution in [0.3, 0.4) is 0 Å². The molecule has 2 atom stereocenters. The Morgan fingerprint density at radius 1 is 0.964 bits per heavy atom. The minimum absolute atomic E-state index is 0.287. The van der Waals surface area contributed by atoms with E-state index in [2.05, 4.69) is 36.4 Å². The summed E-state index contributed by atoms with van der Waals surface area (Å²) in [5, 5.41) is 19.3. The summed E-state index contributed by atoms with van der Waals surface area (Å²) in [5.74, 6) is 1.83. The highest BCUT2D eigenvalue weighted by Gasteiger charge is 2.25. The topological polar surface area (TPSA) is 57.5 Å². The van der Waals surface area contributed by atoms with Crippen LogP contribution in [-0.2, 0) is 16.3 Å². The van der Waals surface area contributed by atoms with Gasteiger partial charge in [-0.05, 0) is 36.1 Å². The number of carboxylic acid groups (broad SMARTS) is 1. The summed E-state index contributed by atoms with van der Waals surface area (Å²) in [6.45, 7) is 0. The van der Waals surface area contributed by atoms with Crippen LogP contribution in [-0.4, -0.2) is 40.5 Å². The van der Waals surface area contributed by atoms with Crippen molar-refractivity contribution in [1.29, 1.82) is 0 Å². The van der Waals surface area contributed by atoms with Gasteiger partial charge in [0.05, 0.1) is 6.42 Å². The Labute approximate surface area is 177 Å². The molecule has 2 radical (unpaired) electrons. The molecule has 2 aromatic rings. The van der Waals surface area contributed by atoms with E-state index in [1.807, 2.05) is 47.8 Å². The maximum Gasteiger partial charge on any atom is 0.305 e. The van der Waals surface area contributed by atoms with E-state index in [9.17, 15) is 9.90 Å². The number of benzene rings is 2. The fourth-order valence-corrected chi connectivity index (χ4v) is 5.20. The summed E-state index contributed by atoms with van der Waals surface area (Å²) in [7, 11) is 5.76. The van der Waals surface area contributed by atoms with Gasteiger partial charge in [-0.1, -0.05) is 60.7 Å². The van der Waals surface area contributed by atoms with Gasteiger partial charge in [0.2, 0.25) is 0 Å². The maximum absolute atomic E-state index is 10.9. The molecule has 2 unspecified atom stereocenters. The predicted octanol–water partition coefficient (Wildman–Crippen LogP) is 4.72. The first kappa shape index (κ1) is 22.9. The number of aliphatic carboxylic acids is 1. The molecular formula is C22H27BO3S2. The quantitative estimate of drug-likeness (QED) is 0.367. The van der Waals surface area contributed by atoms with Gasteiger partial charge in [-0.2, -0.15) is 23.5 Å². The number of carboxylic acids is 1. The summed E-state index contributed by atoms with van der Waals surface area (Å²) in [5.41, 5.74) is 0.941. The van der Waals surface area contributed by atoms with Crippen molar-refractivity contribution in [2.75, 3.05) is 5.75 Å². The van der Waals surface area contributed by atoms with Crippen LogP contribution in [0.2, 0.25) is 0 Å². The van der Waals surface area contributed by atoms with Gasteiger partial charge in [0, 0.05) is 22.3 Å². The Balaban J connectivity index is 1.82. The second kappa shape index (κ2) is 12.3. The van der Waals surface area contributed by atoms with Gasteiger partial charge < -0.3 is 10.2 Å². The largest absolute Gasteiger partial charge is 0.481 e. The van der Waals surface area contributed by atoms with Crippen molar-refractivity contribution in [3.8, 4) is 0 Å². The Bertz CT molecular complexity index is 695. The van der Waals surface area contributed by atoms with Crippen LogP contribution in [0, 0.1) is 0 Å². The van der Waals surface area contributed by atoms with Crippen LogP contribution in [0.1, 0.15) is 36.8 Å². The molecule has 0 aromatic heterocycles. The first-order chi connectivity index (χ1) is 13.4. The van der Waals surface area contributed by atoms with E-state index < -0.39 is 17.9 Å². The molecular weight excluding hydrogens is 387 g/mol. The fourth-order valence-electron chi connectivity index (χ4n) is 2.84.